The molecule has 9 atom stereocenters. The minimum atomic E-state index is -1.40. The van der Waals surface area contributed by atoms with E-state index >= 15 is 9.59 Å². The Bertz CT molecular complexity index is 1710. The highest BCUT2D eigenvalue weighted by atomic mass is 79.9. The molecular weight excluding hydrogens is 796 g/mol. The summed E-state index contributed by atoms with van der Waals surface area (Å²) >= 11 is 3.78. The van der Waals surface area contributed by atoms with Gasteiger partial charge < -0.3 is 39.2 Å². The molecule has 6 rings (SSSR count). The summed E-state index contributed by atoms with van der Waals surface area (Å²) in [4.78, 5) is 63.1. The van der Waals surface area contributed by atoms with E-state index in [1.807, 2.05) is 48.5 Å². The minimum Gasteiger partial charge on any atom is -0.455 e. The van der Waals surface area contributed by atoms with Crippen molar-refractivity contribution in [1.29, 1.82) is 0 Å². The van der Waals surface area contributed by atoms with Gasteiger partial charge in [-0.05, 0) is 30.4 Å². The van der Waals surface area contributed by atoms with Gasteiger partial charge >= 0.3 is 5.97 Å². The molecule has 14 heteroatoms. The zero-order valence-electron chi connectivity index (χ0n) is 32.6. The number of halogens is 1. The van der Waals surface area contributed by atoms with Crippen LogP contribution in [0.15, 0.2) is 86.0 Å². The number of fused-ring (bicyclic) bond motifs is 1. The number of benzene rings is 2. The third-order valence-electron chi connectivity index (χ3n) is 11.6. The largest absolute Gasteiger partial charge is 0.455 e. The summed E-state index contributed by atoms with van der Waals surface area (Å²) in [6.07, 6.45) is 2.78. The van der Waals surface area contributed by atoms with Crippen LogP contribution in [0, 0.1) is 11.8 Å². The topological polar surface area (TPSA) is 147 Å². The van der Waals surface area contributed by atoms with E-state index in [4.69, 9.17) is 18.9 Å². The number of likely N-dealkylation sites (tertiary alicyclic amines) is 1. The molecule has 4 heterocycles. The van der Waals surface area contributed by atoms with Crippen molar-refractivity contribution >= 4 is 39.6 Å². The summed E-state index contributed by atoms with van der Waals surface area (Å²) in [5.41, 5.74) is 0.110. The van der Waals surface area contributed by atoms with Gasteiger partial charge in [0.25, 0.3) is 0 Å². The molecule has 0 aliphatic carbocycles. The van der Waals surface area contributed by atoms with Gasteiger partial charge in [-0.1, -0.05) is 88.7 Å². The molecular formula is C43H55BrN4O9. The molecule has 2 aromatic rings. The molecule has 308 valence electrons. The van der Waals surface area contributed by atoms with Crippen molar-refractivity contribution in [3.63, 3.8) is 0 Å². The number of esters is 1. The van der Waals surface area contributed by atoms with Gasteiger partial charge in [-0.25, -0.2) is 0 Å². The molecule has 13 nitrogen and oxygen atoms in total. The Balaban J connectivity index is 1.36. The number of morpholine rings is 1. The Morgan fingerprint density at radius 2 is 1.79 bits per heavy atom. The number of methoxy groups -OCH3 is 1. The first kappa shape index (κ1) is 42.7. The van der Waals surface area contributed by atoms with E-state index < -0.39 is 66.3 Å². The lowest BCUT2D eigenvalue weighted by atomic mass is 9.70. The Hall–Kier alpha value is -3.92. The highest BCUT2D eigenvalue weighted by Crippen LogP contribution is 2.61. The maximum Gasteiger partial charge on any atom is 0.313 e. The number of alkyl halides is 1. The van der Waals surface area contributed by atoms with Gasteiger partial charge in [-0.15, -0.1) is 13.2 Å². The number of carbonyl (C=O) groups is 4. The van der Waals surface area contributed by atoms with Crippen LogP contribution in [0.3, 0.4) is 0 Å². The summed E-state index contributed by atoms with van der Waals surface area (Å²) in [5, 5.41) is 14.0. The summed E-state index contributed by atoms with van der Waals surface area (Å²) in [6, 6.07) is 15.9. The number of allylic oxidation sites excluding steroid dienone is 1. The zero-order chi connectivity index (χ0) is 40.5. The average molecular weight is 852 g/mol. The molecule has 1 unspecified atom stereocenters. The number of carbonyl (C=O) groups excluding carboxylic acids is 4. The Labute approximate surface area is 343 Å². The van der Waals surface area contributed by atoms with Gasteiger partial charge in [0.05, 0.1) is 56.5 Å². The Kier molecular flexibility index (Phi) is 14.7. The monoisotopic (exact) mass is 850 g/mol. The molecule has 1 spiro atoms. The molecule has 4 fully saturated rings. The van der Waals surface area contributed by atoms with E-state index in [0.29, 0.717) is 38.3 Å². The zero-order valence-corrected chi connectivity index (χ0v) is 34.2. The normalized spacial score (nSPS) is 27.0. The number of ether oxygens (including phenoxy) is 4. The second-order valence-corrected chi connectivity index (χ2v) is 16.4. The predicted molar refractivity (Wildman–Crippen MR) is 216 cm³/mol. The smallest absolute Gasteiger partial charge is 0.313 e. The lowest BCUT2D eigenvalue weighted by molar-refractivity contribution is -0.163. The number of nitrogens with zero attached hydrogens (tertiary/aromatic N) is 3. The van der Waals surface area contributed by atoms with Crippen molar-refractivity contribution in [2.75, 3.05) is 66.3 Å². The number of hydrogen-bond acceptors (Lipinski definition) is 10. The number of rotatable bonds is 20. The van der Waals surface area contributed by atoms with Crippen molar-refractivity contribution in [3.8, 4) is 0 Å². The third kappa shape index (κ3) is 9.21. The quantitative estimate of drug-likeness (QED) is 0.116. The molecule has 3 amide bonds. The van der Waals surface area contributed by atoms with Crippen LogP contribution >= 0.6 is 15.9 Å². The summed E-state index contributed by atoms with van der Waals surface area (Å²) in [6.45, 7) is 11.2. The molecule has 2 aromatic carbocycles. The van der Waals surface area contributed by atoms with E-state index in [1.54, 1.807) is 29.2 Å². The van der Waals surface area contributed by atoms with Gasteiger partial charge in [-0.2, -0.15) is 0 Å². The molecule has 2 N–H and O–H groups in total. The summed E-state index contributed by atoms with van der Waals surface area (Å²) in [5.74, 6) is -3.89. The molecule has 4 saturated heterocycles. The first-order chi connectivity index (χ1) is 27.7. The Morgan fingerprint density at radius 1 is 1.09 bits per heavy atom. The van der Waals surface area contributed by atoms with Crippen molar-refractivity contribution in [1.82, 2.24) is 20.0 Å². The van der Waals surface area contributed by atoms with E-state index in [-0.39, 0.29) is 49.1 Å². The van der Waals surface area contributed by atoms with E-state index in [2.05, 4.69) is 39.3 Å². The SMILES string of the molecule is C=CCCC(=O)N[C@H](COC)[C@H](OC(=O)[C@@H]1[C@H]2O[C@@]3(CC2Br)[C@H](C(=O)N(CC=C)CCN2CCOCC2)N([C@@H](CO)Cc2ccccc2)C(=O)[C@@H]13)c1ccccc1. The fraction of sp³-hybridized carbons (Fsp3) is 0.535. The minimum absolute atomic E-state index is 0.0379. The maximum absolute atomic E-state index is 15.1. The number of aliphatic hydroxyl groups excluding tert-OH is 1. The van der Waals surface area contributed by atoms with Crippen LogP contribution < -0.4 is 5.32 Å². The van der Waals surface area contributed by atoms with Crippen molar-refractivity contribution in [2.24, 2.45) is 11.8 Å². The molecule has 0 aromatic heterocycles. The first-order valence-corrected chi connectivity index (χ1v) is 20.7. The standard InChI is InChI=1S/C43H55BrN4O9/c1-4-6-17-34(50)45-33(28-54-3)37(30-15-11-8-12-16-30)56-42(53)35-36-40(51)48(31(27-49)25-29-13-9-7-10-14-29)39(43(36)26-32(44)38(35)57-43)41(52)47(18-5-2)20-19-46-21-23-55-24-22-46/h4-5,7-16,31-33,35-39,49H,1-2,6,17-28H2,3H3,(H,45,50)/t31-,32?,33-,35+,36-,37-,38+,39+,43-/m1/s1. The average Bonchev–Trinajstić information content (AvgIpc) is 3.83. The van der Waals surface area contributed by atoms with Gasteiger partial charge in [0.1, 0.15) is 17.7 Å². The fourth-order valence-corrected chi connectivity index (χ4v) is 9.92. The van der Waals surface area contributed by atoms with Crippen molar-refractivity contribution in [2.45, 2.75) is 66.4 Å². The molecule has 57 heavy (non-hydrogen) atoms. The molecule has 0 saturated carbocycles. The highest BCUT2D eigenvalue weighted by molar-refractivity contribution is 9.09. The van der Waals surface area contributed by atoms with Crippen LogP contribution in [0.1, 0.15) is 36.5 Å². The lowest BCUT2D eigenvalue weighted by Crippen LogP contribution is -2.60. The summed E-state index contributed by atoms with van der Waals surface area (Å²) in [7, 11) is 1.50. The van der Waals surface area contributed by atoms with Gasteiger partial charge in [0.15, 0.2) is 0 Å². The molecule has 4 aliphatic rings. The van der Waals surface area contributed by atoms with Crippen LogP contribution in [0.5, 0.6) is 0 Å². The fourth-order valence-electron chi connectivity index (χ4n) is 8.98. The van der Waals surface area contributed by atoms with Crippen LogP contribution in [0.2, 0.25) is 0 Å². The van der Waals surface area contributed by atoms with Crippen molar-refractivity contribution < 1.29 is 43.2 Å². The third-order valence-corrected chi connectivity index (χ3v) is 12.5. The Morgan fingerprint density at radius 3 is 2.44 bits per heavy atom. The van der Waals surface area contributed by atoms with Crippen LogP contribution in [-0.4, -0.2) is 144 Å². The van der Waals surface area contributed by atoms with E-state index in [1.165, 1.54) is 12.0 Å². The van der Waals surface area contributed by atoms with Gasteiger partial charge in [0.2, 0.25) is 17.7 Å². The first-order valence-electron chi connectivity index (χ1n) is 19.8. The summed E-state index contributed by atoms with van der Waals surface area (Å²) < 4.78 is 24.3. The predicted octanol–water partition coefficient (Wildman–Crippen LogP) is 3.07. The number of aliphatic hydroxyl groups is 1. The van der Waals surface area contributed by atoms with Crippen molar-refractivity contribution in [3.05, 3.63) is 97.1 Å². The van der Waals surface area contributed by atoms with Crippen LogP contribution in [0.25, 0.3) is 0 Å². The van der Waals surface area contributed by atoms with E-state index in [9.17, 15) is 14.7 Å². The van der Waals surface area contributed by atoms with Crippen LogP contribution in [-0.2, 0) is 44.5 Å². The number of amides is 3. The van der Waals surface area contributed by atoms with Gasteiger partial charge in [-0.3, -0.25) is 24.1 Å². The number of hydrogen-bond donors (Lipinski definition) is 2. The molecule has 2 bridgehead atoms. The van der Waals surface area contributed by atoms with E-state index in [0.717, 1.165) is 18.7 Å². The number of nitrogens with one attached hydrogen (secondary N) is 1. The second-order valence-electron chi connectivity index (χ2n) is 15.2. The van der Waals surface area contributed by atoms with Gasteiger partial charge in [0, 0.05) is 51.1 Å². The lowest BCUT2D eigenvalue weighted by Gasteiger charge is -2.40. The second kappa shape index (κ2) is 19.7. The van der Waals surface area contributed by atoms with Crippen LogP contribution in [0.4, 0.5) is 0 Å². The molecule has 0 radical (unpaired) electrons. The highest BCUT2D eigenvalue weighted by Gasteiger charge is 2.77. The maximum atomic E-state index is 15.1. The molecule has 4 aliphatic heterocycles.